The maximum Gasteiger partial charge on any atom is 0.105 e. The van der Waals surface area contributed by atoms with Crippen LogP contribution in [0, 0.1) is 11.3 Å². The zero-order valence-corrected chi connectivity index (χ0v) is 20.7. The van der Waals surface area contributed by atoms with E-state index in [2.05, 4.69) is 54.4 Å². The molecule has 0 amide bonds. The van der Waals surface area contributed by atoms with Gasteiger partial charge in [0.25, 0.3) is 0 Å². The molecule has 7 rings (SSSR count). The summed E-state index contributed by atoms with van der Waals surface area (Å²) in [7, 11) is 3.96. The quantitative estimate of drug-likeness (QED) is 0.687. The maximum absolute atomic E-state index is 11.1. The van der Waals surface area contributed by atoms with E-state index in [1.165, 1.54) is 27.5 Å². The SMILES string of the molecule is CN(C)[C@H]1C[C@@]23CC[C@@]4(O2)C(=CC[C@]2(C)C(c5ccc6ccncc6c5)=CC[C@H]24)C=C3[C@@H](O)[C@@H]1O. The normalized spacial score (nSPS) is 41.7. The molecule has 182 valence electrons. The molecule has 2 aliphatic heterocycles. The summed E-state index contributed by atoms with van der Waals surface area (Å²) in [6.45, 7) is 2.42. The van der Waals surface area contributed by atoms with Crippen LogP contribution >= 0.6 is 0 Å². The monoisotopic (exact) mass is 470 g/mol. The first-order chi connectivity index (χ1) is 16.8. The van der Waals surface area contributed by atoms with E-state index in [1.807, 2.05) is 31.4 Å². The Morgan fingerprint density at radius 3 is 2.77 bits per heavy atom. The van der Waals surface area contributed by atoms with Crippen molar-refractivity contribution in [2.45, 2.75) is 68.5 Å². The number of aromatic nitrogens is 1. The number of hydrogen-bond donors (Lipinski definition) is 2. The maximum atomic E-state index is 11.1. The molecular formula is C30H34N2O3. The highest BCUT2D eigenvalue weighted by Gasteiger charge is 2.67. The van der Waals surface area contributed by atoms with Gasteiger partial charge >= 0.3 is 0 Å². The molecule has 2 aromatic rings. The average molecular weight is 471 g/mol. The van der Waals surface area contributed by atoms with E-state index in [1.54, 1.807) is 0 Å². The molecule has 2 fully saturated rings. The summed E-state index contributed by atoms with van der Waals surface area (Å²) in [5.41, 5.74) is 3.99. The van der Waals surface area contributed by atoms with Gasteiger partial charge in [-0.1, -0.05) is 37.3 Å². The van der Waals surface area contributed by atoms with Crippen molar-refractivity contribution in [3.05, 3.63) is 71.6 Å². The third-order valence-electron chi connectivity index (χ3n) is 10.0. The second kappa shape index (κ2) is 7.13. The van der Waals surface area contributed by atoms with Crippen molar-refractivity contribution < 1.29 is 14.9 Å². The summed E-state index contributed by atoms with van der Waals surface area (Å²) < 4.78 is 7.24. The number of aliphatic hydroxyl groups is 2. The van der Waals surface area contributed by atoms with Gasteiger partial charge in [-0.2, -0.15) is 0 Å². The van der Waals surface area contributed by atoms with Crippen LogP contribution in [0.2, 0.25) is 0 Å². The molecule has 35 heavy (non-hydrogen) atoms. The van der Waals surface area contributed by atoms with Gasteiger partial charge in [0.05, 0.1) is 17.3 Å². The van der Waals surface area contributed by atoms with Crippen molar-refractivity contribution in [2.75, 3.05) is 14.1 Å². The molecule has 2 N–H and O–H groups in total. The Morgan fingerprint density at radius 1 is 1.09 bits per heavy atom. The molecule has 0 unspecified atom stereocenters. The van der Waals surface area contributed by atoms with Gasteiger partial charge in [0, 0.05) is 35.2 Å². The summed E-state index contributed by atoms with van der Waals surface area (Å²) in [6, 6.07) is 8.69. The Balaban J connectivity index is 1.30. The van der Waals surface area contributed by atoms with Crippen molar-refractivity contribution in [1.82, 2.24) is 9.88 Å². The van der Waals surface area contributed by atoms with Crippen molar-refractivity contribution in [3.63, 3.8) is 0 Å². The van der Waals surface area contributed by atoms with Crippen molar-refractivity contribution in [3.8, 4) is 0 Å². The lowest BCUT2D eigenvalue weighted by molar-refractivity contribution is -0.161. The topological polar surface area (TPSA) is 65.8 Å². The number of rotatable bonds is 2. The number of aliphatic hydroxyl groups excluding tert-OH is 2. The number of pyridine rings is 1. The lowest BCUT2D eigenvalue weighted by Gasteiger charge is -2.55. The van der Waals surface area contributed by atoms with Crippen LogP contribution in [-0.2, 0) is 4.74 Å². The van der Waals surface area contributed by atoms with Crippen LogP contribution in [0.4, 0.5) is 0 Å². The summed E-state index contributed by atoms with van der Waals surface area (Å²) >= 11 is 0. The molecule has 0 radical (unpaired) electrons. The fraction of sp³-hybridized carbons (Fsp3) is 0.500. The minimum absolute atomic E-state index is 0.00992. The first kappa shape index (κ1) is 21.9. The van der Waals surface area contributed by atoms with E-state index >= 15 is 0 Å². The molecule has 5 aliphatic rings. The first-order valence-corrected chi connectivity index (χ1v) is 13.0. The van der Waals surface area contributed by atoms with Crippen LogP contribution in [-0.4, -0.2) is 63.6 Å². The molecule has 2 bridgehead atoms. The highest BCUT2D eigenvalue weighted by molar-refractivity contribution is 5.87. The minimum atomic E-state index is -0.884. The number of fused-ring (bicyclic) bond motifs is 2. The predicted molar refractivity (Wildman–Crippen MR) is 137 cm³/mol. The first-order valence-electron chi connectivity index (χ1n) is 13.0. The number of benzene rings is 1. The molecule has 5 nitrogen and oxygen atoms in total. The molecule has 1 saturated heterocycles. The number of hydrogen-bond acceptors (Lipinski definition) is 5. The summed E-state index contributed by atoms with van der Waals surface area (Å²) in [5, 5.41) is 24.4. The summed E-state index contributed by atoms with van der Waals surface area (Å²) in [5.74, 6) is 0.355. The van der Waals surface area contributed by atoms with Gasteiger partial charge in [-0.15, -0.1) is 0 Å². The largest absolute Gasteiger partial charge is 0.388 e. The van der Waals surface area contributed by atoms with E-state index in [4.69, 9.17) is 4.74 Å². The number of allylic oxidation sites excluding steroid dienone is 3. The van der Waals surface area contributed by atoms with E-state index in [-0.39, 0.29) is 17.1 Å². The molecule has 1 saturated carbocycles. The molecule has 3 aliphatic carbocycles. The number of ether oxygens (including phenoxy) is 1. The number of nitrogens with zero attached hydrogens (tertiary/aromatic N) is 2. The lowest BCUT2D eigenvalue weighted by Crippen LogP contribution is -2.61. The predicted octanol–water partition coefficient (Wildman–Crippen LogP) is 4.26. The third-order valence-corrected chi connectivity index (χ3v) is 10.0. The molecule has 3 heterocycles. The van der Waals surface area contributed by atoms with Gasteiger partial charge in [-0.25, -0.2) is 0 Å². The van der Waals surface area contributed by atoms with Crippen LogP contribution < -0.4 is 0 Å². The highest BCUT2D eigenvalue weighted by Crippen LogP contribution is 2.67. The minimum Gasteiger partial charge on any atom is -0.388 e. The fourth-order valence-corrected chi connectivity index (χ4v) is 8.20. The van der Waals surface area contributed by atoms with E-state index in [0.717, 1.165) is 37.7 Å². The van der Waals surface area contributed by atoms with Gasteiger partial charge in [0.2, 0.25) is 0 Å². The van der Waals surface area contributed by atoms with E-state index in [0.29, 0.717) is 5.92 Å². The van der Waals surface area contributed by atoms with Crippen LogP contribution in [0.25, 0.3) is 16.3 Å². The summed E-state index contributed by atoms with van der Waals surface area (Å²) in [4.78, 5) is 6.37. The highest BCUT2D eigenvalue weighted by atomic mass is 16.5. The molecule has 1 aromatic heterocycles. The third kappa shape index (κ3) is 2.76. The van der Waals surface area contributed by atoms with Gasteiger partial charge < -0.3 is 19.8 Å². The second-order valence-corrected chi connectivity index (χ2v) is 11.9. The van der Waals surface area contributed by atoms with E-state index < -0.39 is 17.8 Å². The van der Waals surface area contributed by atoms with Crippen molar-refractivity contribution in [1.29, 1.82) is 0 Å². The van der Waals surface area contributed by atoms with Gasteiger partial charge in [-0.3, -0.25) is 4.98 Å². The second-order valence-electron chi connectivity index (χ2n) is 11.9. The zero-order valence-electron chi connectivity index (χ0n) is 20.7. The van der Waals surface area contributed by atoms with Crippen LogP contribution in [0.15, 0.2) is 66.0 Å². The van der Waals surface area contributed by atoms with Crippen LogP contribution in [0.5, 0.6) is 0 Å². The van der Waals surface area contributed by atoms with Crippen molar-refractivity contribution >= 4 is 16.3 Å². The Kier molecular flexibility index (Phi) is 4.47. The van der Waals surface area contributed by atoms with E-state index in [9.17, 15) is 10.2 Å². The Morgan fingerprint density at radius 2 is 1.94 bits per heavy atom. The molecular weight excluding hydrogens is 436 g/mol. The van der Waals surface area contributed by atoms with Crippen LogP contribution in [0.1, 0.15) is 44.6 Å². The summed E-state index contributed by atoms with van der Waals surface area (Å²) in [6.07, 6.45) is 13.7. The molecule has 1 aromatic carbocycles. The molecule has 7 atom stereocenters. The van der Waals surface area contributed by atoms with Crippen molar-refractivity contribution in [2.24, 2.45) is 11.3 Å². The van der Waals surface area contributed by atoms with Gasteiger partial charge in [0.15, 0.2) is 0 Å². The zero-order chi connectivity index (χ0) is 24.2. The molecule has 2 spiro atoms. The number of likely N-dealkylation sites (N-methyl/N-ethyl adjacent to an activating group) is 1. The average Bonchev–Trinajstić information content (AvgIpc) is 3.37. The Bertz CT molecular complexity index is 1330. The lowest BCUT2D eigenvalue weighted by atomic mass is 9.58. The Hall–Kier alpha value is -2.31. The standard InChI is InChI=1S/C30H34N2O3/c1-28-10-8-21-15-23-26(33)27(34)24(32(2)3)16-29(23)11-12-30(21,35-29)25(28)7-6-22(28)19-5-4-18-9-13-31-17-20(18)14-19/h4-6,8-9,13-15,17,24-27,33-34H,7,10-12,16H2,1-3H3/t24-,25+,26+,27+,28+,29+,30+/m0/s1. The van der Waals surface area contributed by atoms with Gasteiger partial charge in [-0.05, 0) is 86.0 Å². The fourth-order valence-electron chi connectivity index (χ4n) is 8.20. The Labute approximate surface area is 206 Å². The van der Waals surface area contributed by atoms with Crippen LogP contribution in [0.3, 0.4) is 0 Å². The smallest absolute Gasteiger partial charge is 0.105 e. The van der Waals surface area contributed by atoms with Gasteiger partial charge in [0.1, 0.15) is 6.10 Å². The molecule has 5 heteroatoms.